The molecule has 0 amide bonds. The number of hydrogen-bond donors (Lipinski definition) is 1. The Morgan fingerprint density at radius 1 is 1.14 bits per heavy atom. The van der Waals surface area contributed by atoms with Crippen LogP contribution in [0.5, 0.6) is 5.75 Å². The van der Waals surface area contributed by atoms with Crippen molar-refractivity contribution in [2.45, 2.75) is 6.92 Å². The fraction of sp³-hybridized carbons (Fsp3) is 0.143. The molecule has 0 unspecified atom stereocenters. The molecule has 1 N–H and O–H groups in total. The fourth-order valence-corrected chi connectivity index (χ4v) is 3.70. The van der Waals surface area contributed by atoms with Crippen LogP contribution in [0.1, 0.15) is 18.1 Å². The lowest BCUT2D eigenvalue weighted by Crippen LogP contribution is -2.35. The molecule has 0 spiro atoms. The molecule has 7 heteroatoms. The summed E-state index contributed by atoms with van der Waals surface area (Å²) in [6.45, 7) is 6.37. The zero-order chi connectivity index (χ0) is 19.8. The number of rotatable bonds is 4. The largest absolute Gasteiger partial charge is 0.495 e. The third-order valence-corrected chi connectivity index (χ3v) is 5.17. The van der Waals surface area contributed by atoms with Crippen molar-refractivity contribution < 1.29 is 4.74 Å². The van der Waals surface area contributed by atoms with Gasteiger partial charge in [-0.05, 0) is 19.1 Å². The van der Waals surface area contributed by atoms with E-state index >= 15 is 0 Å². The van der Waals surface area contributed by atoms with E-state index in [0.29, 0.717) is 39.6 Å². The summed E-state index contributed by atoms with van der Waals surface area (Å²) in [6.07, 6.45) is 1.80. The van der Waals surface area contributed by atoms with Crippen LogP contribution in [-0.4, -0.2) is 30.2 Å². The summed E-state index contributed by atoms with van der Waals surface area (Å²) in [7, 11) is 1.58. The second-order valence-electron chi connectivity index (χ2n) is 6.36. The number of hydrazine groups is 1. The third-order valence-electron chi connectivity index (χ3n) is 4.54. The Labute approximate surface area is 173 Å². The van der Waals surface area contributed by atoms with Gasteiger partial charge in [-0.3, -0.25) is 10.4 Å². The molecule has 0 atom stereocenters. The van der Waals surface area contributed by atoms with E-state index in [0.717, 1.165) is 22.5 Å². The quantitative estimate of drug-likeness (QED) is 0.708. The number of nitrogens with one attached hydrogen (secondary N) is 1. The Kier molecular flexibility index (Phi) is 4.87. The SMILES string of the molecule is C=CCN1NC(C)=C2N=C(c3ccccc3Cl)c3cc(Cl)c(OC)cc3N=C21. The Hall–Kier alpha value is -2.76. The van der Waals surface area contributed by atoms with Crippen LogP contribution in [0.15, 0.2) is 70.4 Å². The normalized spacial score (nSPS) is 15.2. The molecule has 0 saturated heterocycles. The van der Waals surface area contributed by atoms with Gasteiger partial charge < -0.3 is 4.74 Å². The third kappa shape index (κ3) is 3.07. The van der Waals surface area contributed by atoms with Gasteiger partial charge in [0.15, 0.2) is 5.84 Å². The molecule has 0 saturated carbocycles. The lowest BCUT2D eigenvalue weighted by molar-refractivity contribution is 0.397. The van der Waals surface area contributed by atoms with Crippen LogP contribution in [0.2, 0.25) is 10.0 Å². The first-order valence-corrected chi connectivity index (χ1v) is 9.45. The van der Waals surface area contributed by atoms with Crippen molar-refractivity contribution in [3.05, 3.63) is 81.6 Å². The van der Waals surface area contributed by atoms with Gasteiger partial charge in [-0.25, -0.2) is 9.98 Å². The molecule has 0 fully saturated rings. The number of methoxy groups -OCH3 is 1. The van der Waals surface area contributed by atoms with Gasteiger partial charge in [0.25, 0.3) is 0 Å². The Morgan fingerprint density at radius 3 is 2.64 bits per heavy atom. The number of nitrogens with zero attached hydrogens (tertiary/aromatic N) is 3. The minimum absolute atomic E-state index is 0.486. The van der Waals surface area contributed by atoms with Crippen LogP contribution in [0.25, 0.3) is 0 Å². The van der Waals surface area contributed by atoms with Gasteiger partial charge in [-0.15, -0.1) is 6.58 Å². The van der Waals surface area contributed by atoms with E-state index in [9.17, 15) is 0 Å². The maximum atomic E-state index is 6.50. The highest BCUT2D eigenvalue weighted by atomic mass is 35.5. The van der Waals surface area contributed by atoms with Gasteiger partial charge in [0, 0.05) is 22.2 Å². The first-order valence-electron chi connectivity index (χ1n) is 8.70. The molecule has 2 aliphatic heterocycles. The molecule has 2 aromatic carbocycles. The molecule has 0 bridgehead atoms. The van der Waals surface area contributed by atoms with Gasteiger partial charge in [-0.1, -0.05) is 47.5 Å². The summed E-state index contributed by atoms with van der Waals surface area (Å²) in [4.78, 5) is 9.85. The van der Waals surface area contributed by atoms with Crippen LogP contribution in [0.3, 0.4) is 0 Å². The number of aliphatic imine (C=N–C) groups is 2. The van der Waals surface area contributed by atoms with Crippen LogP contribution in [-0.2, 0) is 0 Å². The molecule has 5 nitrogen and oxygen atoms in total. The minimum Gasteiger partial charge on any atom is -0.495 e. The molecule has 0 radical (unpaired) electrons. The van der Waals surface area contributed by atoms with E-state index in [4.69, 9.17) is 37.9 Å². The summed E-state index contributed by atoms with van der Waals surface area (Å²) in [5, 5.41) is 3.00. The second-order valence-corrected chi connectivity index (χ2v) is 7.18. The molecule has 0 aliphatic carbocycles. The first-order chi connectivity index (χ1) is 13.5. The highest BCUT2D eigenvalue weighted by Gasteiger charge is 2.30. The molecule has 28 heavy (non-hydrogen) atoms. The Balaban J connectivity index is 2.02. The number of allylic oxidation sites excluding steroid dienone is 1. The van der Waals surface area contributed by atoms with Gasteiger partial charge >= 0.3 is 0 Å². The first kappa shape index (κ1) is 18.6. The molecular weight excluding hydrogens is 395 g/mol. The lowest BCUT2D eigenvalue weighted by Gasteiger charge is -2.18. The molecule has 2 aromatic rings. The number of hydrogen-bond acceptors (Lipinski definition) is 5. The average Bonchev–Trinajstić information content (AvgIpc) is 2.86. The van der Waals surface area contributed by atoms with Crippen LogP contribution in [0, 0.1) is 0 Å². The van der Waals surface area contributed by atoms with Crippen molar-refractivity contribution in [3.63, 3.8) is 0 Å². The summed E-state index contributed by atoms with van der Waals surface area (Å²) in [6, 6.07) is 11.2. The summed E-state index contributed by atoms with van der Waals surface area (Å²) in [5.41, 5.74) is 7.96. The van der Waals surface area contributed by atoms with Crippen molar-refractivity contribution in [1.29, 1.82) is 0 Å². The summed E-state index contributed by atoms with van der Waals surface area (Å²) >= 11 is 12.9. The van der Waals surface area contributed by atoms with Crippen molar-refractivity contribution in [1.82, 2.24) is 10.4 Å². The van der Waals surface area contributed by atoms with Gasteiger partial charge in [0.1, 0.15) is 11.4 Å². The Morgan fingerprint density at radius 2 is 1.93 bits per heavy atom. The predicted octanol–water partition coefficient (Wildman–Crippen LogP) is 5.12. The van der Waals surface area contributed by atoms with E-state index in [-0.39, 0.29) is 0 Å². The number of fused-ring (bicyclic) bond motifs is 2. The van der Waals surface area contributed by atoms with Crippen molar-refractivity contribution >= 4 is 40.4 Å². The van der Waals surface area contributed by atoms with Gasteiger partial charge in [-0.2, -0.15) is 0 Å². The zero-order valence-electron chi connectivity index (χ0n) is 15.5. The van der Waals surface area contributed by atoms with E-state index in [1.807, 2.05) is 48.3 Å². The number of benzene rings is 2. The maximum Gasteiger partial charge on any atom is 0.176 e. The molecular formula is C21H18Cl2N4O. The van der Waals surface area contributed by atoms with Crippen LogP contribution < -0.4 is 10.2 Å². The van der Waals surface area contributed by atoms with Crippen LogP contribution >= 0.6 is 23.2 Å². The minimum atomic E-state index is 0.486. The Bertz CT molecular complexity index is 1070. The number of ether oxygens (including phenoxy) is 1. The van der Waals surface area contributed by atoms with Crippen molar-refractivity contribution in [3.8, 4) is 5.75 Å². The standard InChI is InChI=1S/C21H18Cl2N4O/c1-4-9-27-21-19(12(2)26-27)25-20(13-7-5-6-8-15(13)22)14-10-16(23)18(28-3)11-17(14)24-21/h4-8,10-11,26H,1,9H2,2-3H3. The monoisotopic (exact) mass is 412 g/mol. The topological polar surface area (TPSA) is 49.2 Å². The van der Waals surface area contributed by atoms with Crippen LogP contribution in [0.4, 0.5) is 5.69 Å². The predicted molar refractivity (Wildman–Crippen MR) is 115 cm³/mol. The molecule has 0 aromatic heterocycles. The van der Waals surface area contributed by atoms with E-state index in [2.05, 4.69) is 12.0 Å². The van der Waals surface area contributed by atoms with E-state index in [1.54, 1.807) is 13.2 Å². The van der Waals surface area contributed by atoms with Gasteiger partial charge in [0.2, 0.25) is 0 Å². The fourth-order valence-electron chi connectivity index (χ4n) is 3.24. The average molecular weight is 413 g/mol. The number of amidine groups is 1. The molecule has 142 valence electrons. The van der Waals surface area contributed by atoms with E-state index in [1.165, 1.54) is 0 Å². The highest BCUT2D eigenvalue weighted by Crippen LogP contribution is 2.38. The lowest BCUT2D eigenvalue weighted by atomic mass is 10.00. The highest BCUT2D eigenvalue weighted by molar-refractivity contribution is 6.37. The van der Waals surface area contributed by atoms with Gasteiger partial charge in [0.05, 0.1) is 35.8 Å². The number of halogens is 2. The van der Waals surface area contributed by atoms with E-state index < -0.39 is 0 Å². The second kappa shape index (κ2) is 7.34. The maximum absolute atomic E-state index is 6.50. The molecule has 4 rings (SSSR count). The van der Waals surface area contributed by atoms with Crippen molar-refractivity contribution in [2.24, 2.45) is 9.98 Å². The molecule has 2 aliphatic rings. The smallest absolute Gasteiger partial charge is 0.176 e. The summed E-state index contributed by atoms with van der Waals surface area (Å²) < 4.78 is 5.40. The molecule has 2 heterocycles. The zero-order valence-corrected chi connectivity index (χ0v) is 17.0. The summed E-state index contributed by atoms with van der Waals surface area (Å²) in [5.74, 6) is 1.26. The van der Waals surface area contributed by atoms with Crippen molar-refractivity contribution in [2.75, 3.05) is 13.7 Å².